The fraction of sp³-hybridized carbons (Fsp3) is 0.467. The van der Waals surface area contributed by atoms with Crippen LogP contribution in [0.2, 0.25) is 5.02 Å². The van der Waals surface area contributed by atoms with Crippen molar-refractivity contribution in [1.82, 2.24) is 10.1 Å². The Hall–Kier alpha value is -1.46. The molecule has 1 saturated carbocycles. The van der Waals surface area contributed by atoms with Crippen molar-refractivity contribution in [2.75, 3.05) is 0 Å². The van der Waals surface area contributed by atoms with E-state index in [4.69, 9.17) is 21.9 Å². The topological polar surface area (TPSA) is 64.9 Å². The number of nitrogens with zero attached hydrogens (tertiary/aromatic N) is 2. The van der Waals surface area contributed by atoms with Crippen LogP contribution >= 0.6 is 11.6 Å². The summed E-state index contributed by atoms with van der Waals surface area (Å²) >= 11 is 5.79. The van der Waals surface area contributed by atoms with E-state index in [1.807, 2.05) is 0 Å². The SMILES string of the molecule is CC1(c2nc(-c3ccc(F)c(Cl)c3)no2)CCCCC1N. The summed E-state index contributed by atoms with van der Waals surface area (Å²) in [4.78, 5) is 4.46. The van der Waals surface area contributed by atoms with Crippen LogP contribution in [0.25, 0.3) is 11.4 Å². The second-order valence-corrected chi connectivity index (χ2v) is 6.23. The monoisotopic (exact) mass is 309 g/mol. The maximum atomic E-state index is 13.2. The Labute approximate surface area is 127 Å². The molecule has 21 heavy (non-hydrogen) atoms. The Balaban J connectivity index is 1.94. The van der Waals surface area contributed by atoms with Crippen LogP contribution in [-0.2, 0) is 5.41 Å². The Morgan fingerprint density at radius 3 is 2.95 bits per heavy atom. The van der Waals surface area contributed by atoms with E-state index in [0.717, 1.165) is 25.7 Å². The van der Waals surface area contributed by atoms with Crippen LogP contribution in [0.15, 0.2) is 22.7 Å². The first-order valence-corrected chi connectivity index (χ1v) is 7.44. The third kappa shape index (κ3) is 2.56. The first kappa shape index (κ1) is 14.5. The molecule has 0 amide bonds. The van der Waals surface area contributed by atoms with Crippen LogP contribution in [0.1, 0.15) is 38.5 Å². The highest BCUT2D eigenvalue weighted by Gasteiger charge is 2.40. The van der Waals surface area contributed by atoms with E-state index in [1.165, 1.54) is 12.1 Å². The minimum Gasteiger partial charge on any atom is -0.338 e. The molecule has 6 heteroatoms. The van der Waals surface area contributed by atoms with E-state index >= 15 is 0 Å². The van der Waals surface area contributed by atoms with Gasteiger partial charge in [-0.3, -0.25) is 0 Å². The van der Waals surface area contributed by atoms with Crippen LogP contribution in [0.4, 0.5) is 4.39 Å². The van der Waals surface area contributed by atoms with E-state index in [-0.39, 0.29) is 16.5 Å². The lowest BCUT2D eigenvalue weighted by Gasteiger charge is -2.35. The summed E-state index contributed by atoms with van der Waals surface area (Å²) in [5.74, 6) is 0.487. The van der Waals surface area contributed by atoms with Crippen LogP contribution in [0, 0.1) is 5.82 Å². The van der Waals surface area contributed by atoms with E-state index in [9.17, 15) is 4.39 Å². The Bertz CT molecular complexity index is 660. The summed E-state index contributed by atoms with van der Waals surface area (Å²) < 4.78 is 18.6. The van der Waals surface area contributed by atoms with Gasteiger partial charge in [0, 0.05) is 11.6 Å². The molecule has 2 atom stereocenters. The van der Waals surface area contributed by atoms with Gasteiger partial charge in [0.25, 0.3) is 0 Å². The number of aromatic nitrogens is 2. The van der Waals surface area contributed by atoms with E-state index in [1.54, 1.807) is 6.07 Å². The van der Waals surface area contributed by atoms with Gasteiger partial charge in [0.1, 0.15) is 5.82 Å². The van der Waals surface area contributed by atoms with E-state index < -0.39 is 5.82 Å². The van der Waals surface area contributed by atoms with Crippen molar-refractivity contribution in [2.24, 2.45) is 5.73 Å². The van der Waals surface area contributed by atoms with Crippen molar-refractivity contribution in [3.63, 3.8) is 0 Å². The fourth-order valence-corrected chi connectivity index (χ4v) is 3.01. The number of nitrogens with two attached hydrogens (primary N) is 1. The largest absolute Gasteiger partial charge is 0.338 e. The standard InChI is InChI=1S/C15H17ClFN3O/c1-15(7-3-2-4-12(15)18)14-19-13(20-21-14)9-5-6-11(17)10(16)8-9/h5-6,8,12H,2-4,7,18H2,1H3. The second kappa shape index (κ2) is 5.39. The number of hydrogen-bond acceptors (Lipinski definition) is 4. The van der Waals surface area contributed by atoms with Gasteiger partial charge in [-0.15, -0.1) is 0 Å². The molecule has 0 bridgehead atoms. The molecule has 2 aromatic rings. The molecule has 2 unspecified atom stereocenters. The third-order valence-electron chi connectivity index (χ3n) is 4.37. The van der Waals surface area contributed by atoms with Gasteiger partial charge in [-0.05, 0) is 38.0 Å². The molecular weight excluding hydrogens is 293 g/mol. The highest BCUT2D eigenvalue weighted by molar-refractivity contribution is 6.31. The normalized spacial score (nSPS) is 26.0. The van der Waals surface area contributed by atoms with Crippen molar-refractivity contribution < 1.29 is 8.91 Å². The molecule has 1 heterocycles. The molecule has 1 aliphatic carbocycles. The summed E-state index contributed by atoms with van der Waals surface area (Å²) in [7, 11) is 0. The maximum Gasteiger partial charge on any atom is 0.234 e. The average molecular weight is 310 g/mol. The summed E-state index contributed by atoms with van der Waals surface area (Å²) in [6.45, 7) is 2.06. The van der Waals surface area contributed by atoms with Crippen molar-refractivity contribution in [2.45, 2.75) is 44.1 Å². The molecule has 0 aliphatic heterocycles. The minimum absolute atomic E-state index is 0.0105. The zero-order valence-corrected chi connectivity index (χ0v) is 12.5. The number of rotatable bonds is 2. The van der Waals surface area contributed by atoms with E-state index in [2.05, 4.69) is 17.1 Å². The van der Waals surface area contributed by atoms with Crippen molar-refractivity contribution in [3.8, 4) is 11.4 Å². The summed E-state index contributed by atoms with van der Waals surface area (Å²) in [6.07, 6.45) is 4.12. The van der Waals surface area contributed by atoms with Gasteiger partial charge in [-0.1, -0.05) is 29.6 Å². The predicted octanol–water partition coefficient (Wildman–Crippen LogP) is 3.69. The van der Waals surface area contributed by atoms with Crippen LogP contribution in [0.5, 0.6) is 0 Å². The second-order valence-electron chi connectivity index (χ2n) is 5.82. The molecule has 0 radical (unpaired) electrons. The fourth-order valence-electron chi connectivity index (χ4n) is 2.83. The molecular formula is C15H17ClFN3O. The van der Waals surface area contributed by atoms with Crippen molar-refractivity contribution in [1.29, 1.82) is 0 Å². The molecule has 4 nitrogen and oxygen atoms in total. The first-order valence-electron chi connectivity index (χ1n) is 7.06. The lowest BCUT2D eigenvalue weighted by molar-refractivity contribution is 0.203. The first-order chi connectivity index (χ1) is 10.0. The quantitative estimate of drug-likeness (QED) is 0.919. The summed E-state index contributed by atoms with van der Waals surface area (Å²) in [6, 6.07) is 4.38. The average Bonchev–Trinajstić information content (AvgIpc) is 2.95. The summed E-state index contributed by atoms with van der Waals surface area (Å²) in [5.41, 5.74) is 6.57. The van der Waals surface area contributed by atoms with Gasteiger partial charge in [0.15, 0.2) is 0 Å². The lowest BCUT2D eigenvalue weighted by Crippen LogP contribution is -2.45. The predicted molar refractivity (Wildman–Crippen MR) is 78.5 cm³/mol. The molecule has 1 aromatic heterocycles. The molecule has 1 aliphatic rings. The molecule has 112 valence electrons. The number of benzene rings is 1. The van der Waals surface area contributed by atoms with Gasteiger partial charge >= 0.3 is 0 Å². The highest BCUT2D eigenvalue weighted by Crippen LogP contribution is 2.38. The highest BCUT2D eigenvalue weighted by atomic mass is 35.5. The minimum atomic E-state index is -0.467. The smallest absolute Gasteiger partial charge is 0.234 e. The zero-order chi connectivity index (χ0) is 15.0. The Kier molecular flexibility index (Phi) is 3.71. The van der Waals surface area contributed by atoms with Gasteiger partial charge in [0.2, 0.25) is 11.7 Å². The molecule has 0 saturated heterocycles. The molecule has 1 fully saturated rings. The van der Waals surface area contributed by atoms with E-state index in [0.29, 0.717) is 17.3 Å². The maximum absolute atomic E-state index is 13.2. The molecule has 1 aromatic carbocycles. The summed E-state index contributed by atoms with van der Waals surface area (Å²) in [5, 5.41) is 4.03. The lowest BCUT2D eigenvalue weighted by atomic mass is 9.72. The van der Waals surface area contributed by atoms with Gasteiger partial charge in [-0.2, -0.15) is 4.98 Å². The van der Waals surface area contributed by atoms with Crippen molar-refractivity contribution >= 4 is 11.6 Å². The number of halogens is 2. The van der Waals surface area contributed by atoms with Crippen molar-refractivity contribution in [3.05, 3.63) is 34.9 Å². The van der Waals surface area contributed by atoms with Crippen LogP contribution in [0.3, 0.4) is 0 Å². The van der Waals surface area contributed by atoms with Gasteiger partial charge in [0.05, 0.1) is 10.4 Å². The zero-order valence-electron chi connectivity index (χ0n) is 11.8. The van der Waals surface area contributed by atoms with Gasteiger partial charge < -0.3 is 10.3 Å². The van der Waals surface area contributed by atoms with Crippen LogP contribution < -0.4 is 5.73 Å². The van der Waals surface area contributed by atoms with Crippen LogP contribution in [-0.4, -0.2) is 16.2 Å². The Morgan fingerprint density at radius 1 is 1.43 bits per heavy atom. The number of hydrogen-bond donors (Lipinski definition) is 1. The van der Waals surface area contributed by atoms with Gasteiger partial charge in [-0.25, -0.2) is 4.39 Å². The Morgan fingerprint density at radius 2 is 2.24 bits per heavy atom. The molecule has 0 spiro atoms. The third-order valence-corrected chi connectivity index (χ3v) is 4.66. The molecule has 3 rings (SSSR count). The molecule has 2 N–H and O–H groups in total.